The van der Waals surface area contributed by atoms with Crippen molar-refractivity contribution in [3.05, 3.63) is 53.8 Å². The standard InChI is InChI=1S/C11H14OSi/c1-3-11(12-13)8-10-7-5-4-6-9(10)2/h3-8H,1H2,2,13H3/b11-8-. The van der Waals surface area contributed by atoms with E-state index in [2.05, 4.69) is 25.6 Å². The first-order valence-corrected chi connectivity index (χ1v) is 5.03. The van der Waals surface area contributed by atoms with E-state index in [-0.39, 0.29) is 0 Å². The molecule has 0 aromatic heterocycles. The maximum Gasteiger partial charge on any atom is 0.204 e. The zero-order valence-corrected chi connectivity index (χ0v) is 10.1. The average Bonchev–Trinajstić information content (AvgIpc) is 2.17. The van der Waals surface area contributed by atoms with Crippen molar-refractivity contribution >= 4 is 16.6 Å². The maximum absolute atomic E-state index is 5.24. The van der Waals surface area contributed by atoms with E-state index in [0.29, 0.717) is 10.5 Å². The number of rotatable bonds is 3. The van der Waals surface area contributed by atoms with Gasteiger partial charge in [-0.05, 0) is 30.2 Å². The summed E-state index contributed by atoms with van der Waals surface area (Å²) < 4.78 is 5.24. The fraction of sp³-hybridized carbons (Fsp3) is 0.0909. The van der Waals surface area contributed by atoms with E-state index < -0.39 is 0 Å². The normalized spacial score (nSPS) is 11.3. The van der Waals surface area contributed by atoms with E-state index in [1.165, 1.54) is 11.1 Å². The predicted molar refractivity (Wildman–Crippen MR) is 60.4 cm³/mol. The summed E-state index contributed by atoms with van der Waals surface area (Å²) in [5, 5.41) is 0. The second-order valence-corrected chi connectivity index (χ2v) is 3.22. The number of benzene rings is 1. The van der Waals surface area contributed by atoms with E-state index >= 15 is 0 Å². The molecule has 0 fully saturated rings. The van der Waals surface area contributed by atoms with Gasteiger partial charge in [-0.2, -0.15) is 0 Å². The molecule has 0 amide bonds. The minimum Gasteiger partial charge on any atom is -0.553 e. The van der Waals surface area contributed by atoms with Crippen LogP contribution in [0.3, 0.4) is 0 Å². The Morgan fingerprint density at radius 2 is 2.15 bits per heavy atom. The van der Waals surface area contributed by atoms with Crippen LogP contribution in [0.15, 0.2) is 42.7 Å². The molecular weight excluding hydrogens is 176 g/mol. The lowest BCUT2D eigenvalue weighted by Gasteiger charge is -2.03. The zero-order chi connectivity index (χ0) is 9.68. The summed E-state index contributed by atoms with van der Waals surface area (Å²) in [6.07, 6.45) is 3.74. The van der Waals surface area contributed by atoms with Crippen LogP contribution >= 0.6 is 0 Å². The number of hydrogen-bond acceptors (Lipinski definition) is 1. The first kappa shape index (κ1) is 9.80. The van der Waals surface area contributed by atoms with Gasteiger partial charge in [0.1, 0.15) is 5.76 Å². The van der Waals surface area contributed by atoms with Crippen molar-refractivity contribution in [3.8, 4) is 0 Å². The van der Waals surface area contributed by atoms with Crippen molar-refractivity contribution in [3.63, 3.8) is 0 Å². The molecule has 0 saturated heterocycles. The highest BCUT2D eigenvalue weighted by Crippen LogP contribution is 2.12. The van der Waals surface area contributed by atoms with Gasteiger partial charge in [0, 0.05) is 0 Å². The van der Waals surface area contributed by atoms with Crippen molar-refractivity contribution in [1.82, 2.24) is 0 Å². The summed E-state index contributed by atoms with van der Waals surface area (Å²) in [6.45, 7) is 5.77. The first-order chi connectivity index (χ1) is 6.27. The van der Waals surface area contributed by atoms with Gasteiger partial charge in [0.25, 0.3) is 0 Å². The fourth-order valence-corrected chi connectivity index (χ4v) is 1.39. The van der Waals surface area contributed by atoms with Crippen LogP contribution in [-0.4, -0.2) is 10.5 Å². The molecule has 0 atom stereocenters. The third-order valence-electron chi connectivity index (χ3n) is 1.92. The van der Waals surface area contributed by atoms with Crippen LogP contribution in [0.2, 0.25) is 0 Å². The SMILES string of the molecule is C=C/C(=C/c1ccccc1C)O[SiH3]. The van der Waals surface area contributed by atoms with Crippen LogP contribution in [0.1, 0.15) is 11.1 Å². The Labute approximate surface area is 82.3 Å². The molecule has 0 spiro atoms. The highest BCUT2D eigenvalue weighted by molar-refractivity contribution is 5.99. The molecule has 0 N–H and O–H groups in total. The van der Waals surface area contributed by atoms with Crippen molar-refractivity contribution in [2.24, 2.45) is 0 Å². The molecule has 0 radical (unpaired) electrons. The van der Waals surface area contributed by atoms with Crippen LogP contribution in [0, 0.1) is 6.92 Å². The Kier molecular flexibility index (Phi) is 3.52. The van der Waals surface area contributed by atoms with Crippen molar-refractivity contribution in [1.29, 1.82) is 0 Å². The highest BCUT2D eigenvalue weighted by atomic mass is 28.2. The smallest absolute Gasteiger partial charge is 0.204 e. The van der Waals surface area contributed by atoms with E-state index in [1.807, 2.05) is 18.2 Å². The molecule has 13 heavy (non-hydrogen) atoms. The van der Waals surface area contributed by atoms with Crippen molar-refractivity contribution < 1.29 is 4.43 Å². The monoisotopic (exact) mass is 190 g/mol. The number of aryl methyl sites for hydroxylation is 1. The van der Waals surface area contributed by atoms with Crippen LogP contribution in [-0.2, 0) is 4.43 Å². The van der Waals surface area contributed by atoms with E-state index in [4.69, 9.17) is 4.43 Å². The van der Waals surface area contributed by atoms with Gasteiger partial charge in [-0.25, -0.2) is 0 Å². The molecule has 0 bridgehead atoms. The zero-order valence-electron chi connectivity index (χ0n) is 8.08. The van der Waals surface area contributed by atoms with Gasteiger partial charge in [0.05, 0.1) is 0 Å². The number of allylic oxidation sites excluding steroid dienone is 1. The largest absolute Gasteiger partial charge is 0.553 e. The summed E-state index contributed by atoms with van der Waals surface area (Å²) in [6, 6.07) is 8.20. The Morgan fingerprint density at radius 3 is 2.69 bits per heavy atom. The predicted octanol–water partition coefficient (Wildman–Crippen LogP) is 1.82. The van der Waals surface area contributed by atoms with Crippen molar-refractivity contribution in [2.75, 3.05) is 0 Å². The second-order valence-electron chi connectivity index (χ2n) is 2.81. The van der Waals surface area contributed by atoms with Gasteiger partial charge in [0.15, 0.2) is 0 Å². The van der Waals surface area contributed by atoms with Gasteiger partial charge < -0.3 is 4.43 Å². The van der Waals surface area contributed by atoms with E-state index in [0.717, 1.165) is 5.76 Å². The second kappa shape index (κ2) is 4.67. The Morgan fingerprint density at radius 1 is 1.46 bits per heavy atom. The summed E-state index contributed by atoms with van der Waals surface area (Å²) in [5.41, 5.74) is 2.44. The summed E-state index contributed by atoms with van der Waals surface area (Å²) in [4.78, 5) is 0. The first-order valence-electron chi connectivity index (χ1n) is 4.21. The average molecular weight is 190 g/mol. The summed E-state index contributed by atoms with van der Waals surface area (Å²) in [7, 11) is 0.701. The van der Waals surface area contributed by atoms with Gasteiger partial charge >= 0.3 is 0 Å². The molecule has 0 aliphatic carbocycles. The Bertz CT molecular complexity index is 329. The van der Waals surface area contributed by atoms with Crippen LogP contribution < -0.4 is 0 Å². The topological polar surface area (TPSA) is 9.23 Å². The molecular formula is C11H14OSi. The van der Waals surface area contributed by atoms with Crippen LogP contribution in [0.4, 0.5) is 0 Å². The molecule has 0 unspecified atom stereocenters. The van der Waals surface area contributed by atoms with Crippen molar-refractivity contribution in [2.45, 2.75) is 6.92 Å². The third-order valence-corrected chi connectivity index (χ3v) is 2.39. The molecule has 0 aliphatic rings. The summed E-state index contributed by atoms with van der Waals surface area (Å²) >= 11 is 0. The Hall–Kier alpha value is -1.28. The van der Waals surface area contributed by atoms with E-state index in [1.54, 1.807) is 6.08 Å². The number of hydrogen-bond donors (Lipinski definition) is 0. The molecule has 2 heteroatoms. The highest BCUT2D eigenvalue weighted by Gasteiger charge is 1.94. The third kappa shape index (κ3) is 2.59. The van der Waals surface area contributed by atoms with Gasteiger partial charge in [-0.15, -0.1) is 0 Å². The minimum absolute atomic E-state index is 0.701. The Balaban J connectivity index is 3.02. The molecule has 1 aromatic rings. The lowest BCUT2D eigenvalue weighted by atomic mass is 10.1. The van der Waals surface area contributed by atoms with Gasteiger partial charge in [-0.3, -0.25) is 0 Å². The van der Waals surface area contributed by atoms with Gasteiger partial charge in [0.2, 0.25) is 10.5 Å². The fourth-order valence-electron chi connectivity index (χ4n) is 1.10. The molecule has 1 rings (SSSR count). The molecule has 1 aromatic carbocycles. The molecule has 1 nitrogen and oxygen atoms in total. The van der Waals surface area contributed by atoms with Crippen LogP contribution in [0.5, 0.6) is 0 Å². The van der Waals surface area contributed by atoms with Crippen LogP contribution in [0.25, 0.3) is 6.08 Å². The lowest BCUT2D eigenvalue weighted by molar-refractivity contribution is 0.498. The molecule has 0 aliphatic heterocycles. The maximum atomic E-state index is 5.24. The minimum atomic E-state index is 0.701. The molecule has 68 valence electrons. The molecule has 0 heterocycles. The molecule has 0 saturated carbocycles. The lowest BCUT2D eigenvalue weighted by Crippen LogP contribution is -1.85. The van der Waals surface area contributed by atoms with Gasteiger partial charge in [-0.1, -0.05) is 30.8 Å². The quantitative estimate of drug-likeness (QED) is 0.401. The van der Waals surface area contributed by atoms with E-state index in [9.17, 15) is 0 Å². The summed E-state index contributed by atoms with van der Waals surface area (Å²) in [5.74, 6) is 0.848.